The maximum Gasteiger partial charge on any atom is 0.128 e. The highest BCUT2D eigenvalue weighted by Gasteiger charge is 2.44. The van der Waals surface area contributed by atoms with Crippen LogP contribution in [0, 0.1) is 29.1 Å². The Morgan fingerprint density at radius 1 is 1.30 bits per heavy atom. The molecule has 20 heavy (non-hydrogen) atoms. The molecule has 0 spiro atoms. The molecule has 1 aliphatic carbocycles. The van der Waals surface area contributed by atoms with E-state index in [1.165, 1.54) is 6.42 Å². The summed E-state index contributed by atoms with van der Waals surface area (Å²) in [6.07, 6.45) is 3.25. The Labute approximate surface area is 127 Å². The summed E-state index contributed by atoms with van der Waals surface area (Å²) in [7, 11) is 0. The summed E-state index contributed by atoms with van der Waals surface area (Å²) in [5.41, 5.74) is 0.523. The minimum absolute atomic E-state index is 0.388. The first-order chi connectivity index (χ1) is 9.47. The van der Waals surface area contributed by atoms with Gasteiger partial charge in [0.15, 0.2) is 0 Å². The summed E-state index contributed by atoms with van der Waals surface area (Å²) in [4.78, 5) is 0. The number of hydrogen-bond donors (Lipinski definition) is 1. The van der Waals surface area contributed by atoms with E-state index in [1.807, 2.05) is 24.3 Å². The van der Waals surface area contributed by atoms with Crippen molar-refractivity contribution >= 4 is 17.3 Å². The van der Waals surface area contributed by atoms with Crippen molar-refractivity contribution in [2.24, 2.45) is 17.8 Å². The quantitative estimate of drug-likeness (QED) is 0.840. The molecular weight excluding hydrogens is 268 g/mol. The van der Waals surface area contributed by atoms with Crippen molar-refractivity contribution in [1.29, 1.82) is 5.26 Å². The third-order valence-corrected chi connectivity index (χ3v) is 4.74. The monoisotopic (exact) mass is 290 g/mol. The molecular formula is C17H23ClN2. The molecule has 1 saturated carbocycles. The van der Waals surface area contributed by atoms with Crippen LogP contribution in [0.2, 0.25) is 5.02 Å². The maximum absolute atomic E-state index is 9.86. The normalized spacial score (nSPS) is 30.0. The zero-order chi connectivity index (χ0) is 14.8. The predicted octanol–water partition coefficient (Wildman–Crippen LogP) is 5.11. The lowest BCUT2D eigenvalue weighted by Gasteiger charge is -2.44. The van der Waals surface area contributed by atoms with Crippen LogP contribution in [-0.2, 0) is 0 Å². The average Bonchev–Trinajstić information content (AvgIpc) is 2.41. The summed E-state index contributed by atoms with van der Waals surface area (Å²) < 4.78 is 0. The van der Waals surface area contributed by atoms with Gasteiger partial charge in [-0.1, -0.05) is 38.8 Å². The van der Waals surface area contributed by atoms with Crippen LogP contribution in [0.25, 0.3) is 0 Å². The minimum Gasteiger partial charge on any atom is -0.367 e. The second kappa shape index (κ2) is 6.06. The van der Waals surface area contributed by atoms with Crippen molar-refractivity contribution in [1.82, 2.24) is 0 Å². The van der Waals surface area contributed by atoms with E-state index in [4.69, 9.17) is 11.6 Å². The fourth-order valence-electron chi connectivity index (χ4n) is 3.51. The lowest BCUT2D eigenvalue weighted by Crippen LogP contribution is -2.50. The van der Waals surface area contributed by atoms with E-state index >= 15 is 0 Å². The van der Waals surface area contributed by atoms with Gasteiger partial charge in [0, 0.05) is 10.7 Å². The van der Waals surface area contributed by atoms with Crippen LogP contribution < -0.4 is 5.32 Å². The molecule has 2 rings (SSSR count). The molecule has 2 nitrogen and oxygen atoms in total. The van der Waals surface area contributed by atoms with Gasteiger partial charge in [-0.25, -0.2) is 0 Å². The van der Waals surface area contributed by atoms with Gasteiger partial charge in [-0.15, -0.1) is 0 Å². The lowest BCUT2D eigenvalue weighted by atomic mass is 9.65. The van der Waals surface area contributed by atoms with E-state index in [9.17, 15) is 5.26 Å². The Balaban J connectivity index is 2.29. The van der Waals surface area contributed by atoms with Crippen LogP contribution >= 0.6 is 11.6 Å². The fourth-order valence-corrected chi connectivity index (χ4v) is 3.63. The van der Waals surface area contributed by atoms with Crippen LogP contribution in [0.3, 0.4) is 0 Å². The summed E-state index contributed by atoms with van der Waals surface area (Å²) in [6.45, 7) is 6.68. The van der Waals surface area contributed by atoms with Crippen LogP contribution in [-0.4, -0.2) is 5.54 Å². The van der Waals surface area contributed by atoms with Crippen molar-refractivity contribution in [3.05, 3.63) is 29.3 Å². The second-order valence-electron chi connectivity index (χ2n) is 6.45. The molecule has 0 radical (unpaired) electrons. The van der Waals surface area contributed by atoms with E-state index in [1.54, 1.807) is 0 Å². The molecule has 108 valence electrons. The number of nitriles is 1. The van der Waals surface area contributed by atoms with Gasteiger partial charge in [0.05, 0.1) is 6.07 Å². The Bertz CT molecular complexity index is 489. The third kappa shape index (κ3) is 3.10. The van der Waals surface area contributed by atoms with Crippen molar-refractivity contribution in [3.8, 4) is 6.07 Å². The number of benzene rings is 1. The minimum atomic E-state index is -0.459. The maximum atomic E-state index is 9.86. The first-order valence-corrected chi connectivity index (χ1v) is 7.79. The van der Waals surface area contributed by atoms with Crippen molar-refractivity contribution in [2.45, 2.75) is 45.6 Å². The molecule has 3 unspecified atom stereocenters. The van der Waals surface area contributed by atoms with Crippen LogP contribution in [0.1, 0.15) is 40.0 Å². The molecule has 1 aliphatic rings. The summed E-state index contributed by atoms with van der Waals surface area (Å²) in [5, 5.41) is 14.1. The predicted molar refractivity (Wildman–Crippen MR) is 84.8 cm³/mol. The highest BCUT2D eigenvalue weighted by atomic mass is 35.5. The lowest BCUT2D eigenvalue weighted by molar-refractivity contribution is 0.167. The Morgan fingerprint density at radius 3 is 2.50 bits per heavy atom. The Kier molecular flexibility index (Phi) is 4.60. The number of halogens is 1. The van der Waals surface area contributed by atoms with Crippen molar-refractivity contribution < 1.29 is 0 Å². The van der Waals surface area contributed by atoms with Crippen LogP contribution in [0.5, 0.6) is 0 Å². The second-order valence-corrected chi connectivity index (χ2v) is 6.89. The highest BCUT2D eigenvalue weighted by Crippen LogP contribution is 2.42. The van der Waals surface area contributed by atoms with Gasteiger partial charge >= 0.3 is 0 Å². The van der Waals surface area contributed by atoms with E-state index in [0.717, 1.165) is 23.6 Å². The Morgan fingerprint density at radius 2 is 1.95 bits per heavy atom. The number of nitrogens with zero attached hydrogens (tertiary/aromatic N) is 1. The van der Waals surface area contributed by atoms with Gasteiger partial charge in [0.1, 0.15) is 5.54 Å². The SMILES string of the molecule is CC1CCC(C(C)C)C(C#N)(Nc2ccc(Cl)cc2)C1. The molecule has 0 aromatic heterocycles. The summed E-state index contributed by atoms with van der Waals surface area (Å²) >= 11 is 5.93. The standard InChI is InChI=1S/C17H23ClN2/c1-12(2)16-9-4-13(3)10-17(16,11-19)20-15-7-5-14(18)6-8-15/h5-8,12-13,16,20H,4,9-10H2,1-3H3. The van der Waals surface area contributed by atoms with Gasteiger partial charge in [0.2, 0.25) is 0 Å². The number of rotatable bonds is 3. The summed E-state index contributed by atoms with van der Waals surface area (Å²) in [5.74, 6) is 1.48. The van der Waals surface area contributed by atoms with Crippen molar-refractivity contribution in [3.63, 3.8) is 0 Å². The van der Waals surface area contributed by atoms with E-state index in [0.29, 0.717) is 17.8 Å². The van der Waals surface area contributed by atoms with Crippen LogP contribution in [0.4, 0.5) is 5.69 Å². The molecule has 0 amide bonds. The first-order valence-electron chi connectivity index (χ1n) is 7.42. The first kappa shape index (κ1) is 15.2. The third-order valence-electron chi connectivity index (χ3n) is 4.49. The van der Waals surface area contributed by atoms with Gasteiger partial charge in [-0.3, -0.25) is 0 Å². The van der Waals surface area contributed by atoms with Crippen LogP contribution in [0.15, 0.2) is 24.3 Å². The zero-order valence-electron chi connectivity index (χ0n) is 12.5. The molecule has 3 heteroatoms. The van der Waals surface area contributed by atoms with Gasteiger partial charge in [-0.2, -0.15) is 5.26 Å². The highest BCUT2D eigenvalue weighted by molar-refractivity contribution is 6.30. The number of anilines is 1. The molecule has 3 atom stereocenters. The number of nitrogens with one attached hydrogen (secondary N) is 1. The number of hydrogen-bond acceptors (Lipinski definition) is 2. The van der Waals surface area contributed by atoms with E-state index < -0.39 is 5.54 Å². The largest absolute Gasteiger partial charge is 0.367 e. The molecule has 0 aliphatic heterocycles. The van der Waals surface area contributed by atoms with Gasteiger partial charge in [0.25, 0.3) is 0 Å². The molecule has 0 heterocycles. The average molecular weight is 291 g/mol. The van der Waals surface area contributed by atoms with Gasteiger partial charge < -0.3 is 5.32 Å². The summed E-state index contributed by atoms with van der Waals surface area (Å²) in [6, 6.07) is 10.2. The topological polar surface area (TPSA) is 35.8 Å². The Hall–Kier alpha value is -1.20. The smallest absolute Gasteiger partial charge is 0.128 e. The molecule has 0 bridgehead atoms. The molecule has 1 aromatic carbocycles. The van der Waals surface area contributed by atoms with Crippen molar-refractivity contribution in [2.75, 3.05) is 5.32 Å². The molecule has 1 N–H and O–H groups in total. The van der Waals surface area contributed by atoms with E-state index in [-0.39, 0.29) is 0 Å². The van der Waals surface area contributed by atoms with Gasteiger partial charge in [-0.05, 0) is 54.9 Å². The molecule has 1 fully saturated rings. The zero-order valence-corrected chi connectivity index (χ0v) is 13.2. The fraction of sp³-hybridized carbons (Fsp3) is 0.588. The molecule has 1 aromatic rings. The molecule has 0 saturated heterocycles. The van der Waals surface area contributed by atoms with E-state index in [2.05, 4.69) is 32.2 Å².